The highest BCUT2D eigenvalue weighted by atomic mass is 16.3. The minimum atomic E-state index is -0.384. The molecule has 5 N–H and O–H groups in total. The average Bonchev–Trinajstić information content (AvgIpc) is 2.17. The second kappa shape index (κ2) is 4.78. The summed E-state index contributed by atoms with van der Waals surface area (Å²) in [6.45, 7) is 1.58. The highest BCUT2D eigenvalue weighted by Gasteiger charge is 2.07. The molecule has 0 bridgehead atoms. The van der Waals surface area contributed by atoms with Gasteiger partial charge in [0.1, 0.15) is 5.82 Å². The molecule has 0 fully saturated rings. The largest absolute Gasteiger partial charge is 0.397 e. The van der Waals surface area contributed by atoms with Crippen LogP contribution in [0, 0.1) is 6.92 Å². The van der Waals surface area contributed by atoms with Crippen molar-refractivity contribution < 1.29 is 10.2 Å². The first-order valence-electron chi connectivity index (χ1n) is 4.37. The Balaban J connectivity index is 2.76. The van der Waals surface area contributed by atoms with E-state index in [9.17, 15) is 0 Å². The lowest BCUT2D eigenvalue weighted by Crippen LogP contribution is -2.28. The maximum atomic E-state index is 8.86. The number of nitrogen functional groups attached to an aromatic ring is 1. The summed E-state index contributed by atoms with van der Waals surface area (Å²) in [5.74, 6) is 0.632. The molecular formula is C9H15N3O2. The normalized spacial score (nSPS) is 10.6. The Labute approximate surface area is 82.6 Å². The molecule has 0 spiro atoms. The van der Waals surface area contributed by atoms with Crippen LogP contribution >= 0.6 is 0 Å². The average molecular weight is 197 g/mol. The van der Waals surface area contributed by atoms with Crippen LogP contribution in [0.2, 0.25) is 0 Å². The Bertz CT molecular complexity index is 300. The predicted molar refractivity (Wildman–Crippen MR) is 55.0 cm³/mol. The Morgan fingerprint density at radius 1 is 1.50 bits per heavy atom. The molecule has 0 atom stereocenters. The Kier molecular flexibility index (Phi) is 3.67. The van der Waals surface area contributed by atoms with Gasteiger partial charge in [-0.25, -0.2) is 4.98 Å². The standard InChI is InChI=1S/C9H15N3O2/c1-6-2-7(10)3-11-9(6)12-8(4-13)5-14/h2-3,8,13-14H,4-5,10H2,1H3,(H,11,12). The fourth-order valence-electron chi connectivity index (χ4n) is 1.09. The molecule has 0 radical (unpaired) electrons. The van der Waals surface area contributed by atoms with Crippen LogP contribution in [0.4, 0.5) is 11.5 Å². The maximum absolute atomic E-state index is 8.86. The van der Waals surface area contributed by atoms with Gasteiger partial charge in [0.15, 0.2) is 0 Å². The number of aromatic nitrogens is 1. The number of rotatable bonds is 4. The molecule has 0 aliphatic heterocycles. The molecule has 78 valence electrons. The van der Waals surface area contributed by atoms with Gasteiger partial charge >= 0.3 is 0 Å². The molecule has 0 aliphatic carbocycles. The van der Waals surface area contributed by atoms with Gasteiger partial charge in [0.2, 0.25) is 0 Å². The van der Waals surface area contributed by atoms with E-state index in [1.807, 2.05) is 6.92 Å². The molecule has 0 unspecified atom stereocenters. The molecule has 5 heteroatoms. The Hall–Kier alpha value is -1.33. The fourth-order valence-corrected chi connectivity index (χ4v) is 1.09. The van der Waals surface area contributed by atoms with Crippen LogP contribution < -0.4 is 11.1 Å². The van der Waals surface area contributed by atoms with Crippen LogP contribution in [0.25, 0.3) is 0 Å². The van der Waals surface area contributed by atoms with Crippen LogP contribution in [0.3, 0.4) is 0 Å². The number of hydrogen-bond donors (Lipinski definition) is 4. The summed E-state index contributed by atoms with van der Waals surface area (Å²) in [5, 5.41) is 20.6. The summed E-state index contributed by atoms with van der Waals surface area (Å²) >= 11 is 0. The molecule has 0 saturated heterocycles. The van der Waals surface area contributed by atoms with Crippen molar-refractivity contribution in [2.75, 3.05) is 24.3 Å². The zero-order valence-corrected chi connectivity index (χ0v) is 8.07. The van der Waals surface area contributed by atoms with Crippen molar-refractivity contribution in [3.63, 3.8) is 0 Å². The second-order valence-corrected chi connectivity index (χ2v) is 3.14. The lowest BCUT2D eigenvalue weighted by Gasteiger charge is -2.15. The molecule has 14 heavy (non-hydrogen) atoms. The SMILES string of the molecule is Cc1cc(N)cnc1NC(CO)CO. The van der Waals surface area contributed by atoms with E-state index in [4.69, 9.17) is 15.9 Å². The minimum Gasteiger partial charge on any atom is -0.397 e. The topological polar surface area (TPSA) is 91.4 Å². The number of nitrogens with zero attached hydrogens (tertiary/aromatic N) is 1. The number of aryl methyl sites for hydroxylation is 1. The third-order valence-electron chi connectivity index (χ3n) is 1.88. The third kappa shape index (κ3) is 2.58. The van der Waals surface area contributed by atoms with Crippen molar-refractivity contribution in [1.29, 1.82) is 0 Å². The van der Waals surface area contributed by atoms with Crippen LogP contribution in [-0.4, -0.2) is 34.5 Å². The third-order valence-corrected chi connectivity index (χ3v) is 1.88. The summed E-state index contributed by atoms with van der Waals surface area (Å²) in [6, 6.07) is 1.39. The molecular weight excluding hydrogens is 182 g/mol. The van der Waals surface area contributed by atoms with Gasteiger partial charge in [0, 0.05) is 0 Å². The van der Waals surface area contributed by atoms with Crippen LogP contribution in [-0.2, 0) is 0 Å². The molecule has 0 aliphatic rings. The van der Waals surface area contributed by atoms with Gasteiger partial charge in [-0.15, -0.1) is 0 Å². The molecule has 1 rings (SSSR count). The van der Waals surface area contributed by atoms with Crippen molar-refractivity contribution >= 4 is 11.5 Å². The van der Waals surface area contributed by atoms with E-state index in [0.29, 0.717) is 11.5 Å². The molecule has 0 aromatic carbocycles. The predicted octanol–water partition coefficient (Wildman–Crippen LogP) is -0.263. The second-order valence-electron chi connectivity index (χ2n) is 3.14. The van der Waals surface area contributed by atoms with Gasteiger partial charge < -0.3 is 21.3 Å². The quantitative estimate of drug-likeness (QED) is 0.533. The summed E-state index contributed by atoms with van der Waals surface area (Å²) < 4.78 is 0. The fraction of sp³-hybridized carbons (Fsp3) is 0.444. The Morgan fingerprint density at radius 3 is 2.64 bits per heavy atom. The molecule has 1 heterocycles. The molecule has 1 aromatic rings. The number of nitrogens with one attached hydrogen (secondary N) is 1. The van der Waals surface area contributed by atoms with Gasteiger partial charge in [-0.1, -0.05) is 0 Å². The number of nitrogens with two attached hydrogens (primary N) is 1. The minimum absolute atomic E-state index is 0.137. The van der Waals surface area contributed by atoms with E-state index < -0.39 is 0 Å². The highest BCUT2D eigenvalue weighted by molar-refractivity contribution is 5.51. The first-order valence-corrected chi connectivity index (χ1v) is 4.37. The number of aliphatic hydroxyl groups is 2. The first kappa shape index (κ1) is 10.7. The van der Waals surface area contributed by atoms with Gasteiger partial charge in [0.25, 0.3) is 0 Å². The number of anilines is 2. The van der Waals surface area contributed by atoms with E-state index >= 15 is 0 Å². The lowest BCUT2D eigenvalue weighted by molar-refractivity contribution is 0.203. The van der Waals surface area contributed by atoms with Crippen molar-refractivity contribution in [3.05, 3.63) is 17.8 Å². The van der Waals surface area contributed by atoms with Crippen molar-refractivity contribution in [2.45, 2.75) is 13.0 Å². The Morgan fingerprint density at radius 2 is 2.14 bits per heavy atom. The zero-order valence-electron chi connectivity index (χ0n) is 8.07. The van der Waals surface area contributed by atoms with E-state index in [2.05, 4.69) is 10.3 Å². The monoisotopic (exact) mass is 197 g/mol. The van der Waals surface area contributed by atoms with Crippen LogP contribution in [0.15, 0.2) is 12.3 Å². The van der Waals surface area contributed by atoms with E-state index in [-0.39, 0.29) is 19.3 Å². The smallest absolute Gasteiger partial charge is 0.129 e. The molecule has 0 saturated carbocycles. The van der Waals surface area contributed by atoms with Crippen LogP contribution in [0.5, 0.6) is 0 Å². The van der Waals surface area contributed by atoms with Gasteiger partial charge in [-0.05, 0) is 18.6 Å². The van der Waals surface area contributed by atoms with Crippen molar-refractivity contribution in [2.24, 2.45) is 0 Å². The van der Waals surface area contributed by atoms with Crippen molar-refractivity contribution in [3.8, 4) is 0 Å². The first-order chi connectivity index (χ1) is 6.67. The number of hydrogen-bond acceptors (Lipinski definition) is 5. The number of pyridine rings is 1. The van der Waals surface area contributed by atoms with Crippen LogP contribution in [0.1, 0.15) is 5.56 Å². The number of aliphatic hydroxyl groups excluding tert-OH is 2. The maximum Gasteiger partial charge on any atom is 0.129 e. The van der Waals surface area contributed by atoms with E-state index in [0.717, 1.165) is 5.56 Å². The molecule has 0 amide bonds. The van der Waals surface area contributed by atoms with E-state index in [1.54, 1.807) is 6.07 Å². The van der Waals surface area contributed by atoms with E-state index in [1.165, 1.54) is 6.20 Å². The van der Waals surface area contributed by atoms with Gasteiger partial charge in [0.05, 0.1) is 31.1 Å². The summed E-state index contributed by atoms with van der Waals surface area (Å²) in [5.41, 5.74) is 7.02. The summed E-state index contributed by atoms with van der Waals surface area (Å²) in [6.07, 6.45) is 1.53. The van der Waals surface area contributed by atoms with Crippen molar-refractivity contribution in [1.82, 2.24) is 4.98 Å². The van der Waals surface area contributed by atoms with Gasteiger partial charge in [-0.3, -0.25) is 0 Å². The lowest BCUT2D eigenvalue weighted by atomic mass is 10.2. The molecule has 5 nitrogen and oxygen atoms in total. The summed E-state index contributed by atoms with van der Waals surface area (Å²) in [7, 11) is 0. The summed E-state index contributed by atoms with van der Waals surface area (Å²) in [4.78, 5) is 4.06. The highest BCUT2D eigenvalue weighted by Crippen LogP contribution is 2.14. The van der Waals surface area contributed by atoms with Gasteiger partial charge in [-0.2, -0.15) is 0 Å². The molecule has 1 aromatic heterocycles. The zero-order chi connectivity index (χ0) is 10.6.